The fourth-order valence-electron chi connectivity index (χ4n) is 3.08. The molecule has 0 spiro atoms. The van der Waals surface area contributed by atoms with Crippen molar-refractivity contribution in [3.63, 3.8) is 0 Å². The molecule has 0 aliphatic heterocycles. The van der Waals surface area contributed by atoms with Gasteiger partial charge in [0.25, 0.3) is 11.5 Å². The summed E-state index contributed by atoms with van der Waals surface area (Å²) in [4.78, 5) is 30.0. The molecule has 0 radical (unpaired) electrons. The zero-order valence-electron chi connectivity index (χ0n) is 17.7. The standard InChI is InChI=1S/C24H22N4O3S/c1-16(2)28-21(30)14-13-19(27-28)23-22(17-9-5-3-6-10-17)26-24(32-23)25-20(29)15-31-18-11-7-4-8-12-18/h3-14,16H,15H2,1-2H3,(H,25,26,29). The highest BCUT2D eigenvalue weighted by atomic mass is 32.1. The SMILES string of the molecule is CC(C)n1nc(-c2sc(NC(=O)COc3ccccc3)nc2-c2ccccc2)ccc1=O. The first-order chi connectivity index (χ1) is 15.5. The second-order valence-corrected chi connectivity index (χ2v) is 8.31. The average molecular weight is 447 g/mol. The fourth-order valence-corrected chi connectivity index (χ4v) is 4.04. The number of amides is 1. The Hall–Kier alpha value is -3.78. The van der Waals surface area contributed by atoms with Crippen LogP contribution in [-0.2, 0) is 4.79 Å². The highest BCUT2D eigenvalue weighted by molar-refractivity contribution is 7.19. The predicted molar refractivity (Wildman–Crippen MR) is 126 cm³/mol. The van der Waals surface area contributed by atoms with Gasteiger partial charge in [0.15, 0.2) is 11.7 Å². The molecule has 2 aromatic carbocycles. The molecule has 0 bridgehead atoms. The molecule has 162 valence electrons. The molecule has 0 atom stereocenters. The number of nitrogens with one attached hydrogen (secondary N) is 1. The van der Waals surface area contributed by atoms with Crippen LogP contribution in [0, 0.1) is 0 Å². The first-order valence-electron chi connectivity index (χ1n) is 10.2. The summed E-state index contributed by atoms with van der Waals surface area (Å²) in [6.45, 7) is 3.68. The zero-order chi connectivity index (χ0) is 22.5. The lowest BCUT2D eigenvalue weighted by atomic mass is 10.1. The van der Waals surface area contributed by atoms with Crippen molar-refractivity contribution in [3.8, 4) is 27.6 Å². The van der Waals surface area contributed by atoms with Crippen LogP contribution >= 0.6 is 11.3 Å². The van der Waals surface area contributed by atoms with Crippen molar-refractivity contribution >= 4 is 22.4 Å². The Morgan fingerprint density at radius 1 is 1.03 bits per heavy atom. The fraction of sp³-hybridized carbons (Fsp3) is 0.167. The lowest BCUT2D eigenvalue weighted by Crippen LogP contribution is -2.23. The Morgan fingerprint density at radius 3 is 2.41 bits per heavy atom. The van der Waals surface area contributed by atoms with Crippen LogP contribution in [0.1, 0.15) is 19.9 Å². The summed E-state index contributed by atoms with van der Waals surface area (Å²) in [5.74, 6) is 0.307. The van der Waals surface area contributed by atoms with Crippen molar-refractivity contribution in [1.29, 1.82) is 0 Å². The summed E-state index contributed by atoms with van der Waals surface area (Å²) < 4.78 is 6.96. The van der Waals surface area contributed by atoms with Crippen LogP contribution in [0.2, 0.25) is 0 Å². The molecule has 1 N–H and O–H groups in total. The van der Waals surface area contributed by atoms with Crippen LogP contribution in [-0.4, -0.2) is 27.3 Å². The van der Waals surface area contributed by atoms with Gasteiger partial charge in [-0.1, -0.05) is 59.9 Å². The molecule has 0 aliphatic carbocycles. The minimum atomic E-state index is -0.311. The van der Waals surface area contributed by atoms with Gasteiger partial charge in [0.05, 0.1) is 16.6 Å². The maximum Gasteiger partial charge on any atom is 0.267 e. The molecule has 4 rings (SSSR count). The van der Waals surface area contributed by atoms with E-state index in [2.05, 4.69) is 15.4 Å². The number of aromatic nitrogens is 3. The van der Waals surface area contributed by atoms with E-state index < -0.39 is 0 Å². The summed E-state index contributed by atoms with van der Waals surface area (Å²) in [7, 11) is 0. The highest BCUT2D eigenvalue weighted by Crippen LogP contribution is 2.38. The summed E-state index contributed by atoms with van der Waals surface area (Å²) >= 11 is 1.31. The molecule has 0 aliphatic rings. The molecule has 1 amide bonds. The third-order valence-electron chi connectivity index (χ3n) is 4.58. The molecule has 2 heterocycles. The van der Waals surface area contributed by atoms with Gasteiger partial charge in [-0.15, -0.1) is 0 Å². The van der Waals surface area contributed by atoms with Crippen LogP contribution in [0.25, 0.3) is 21.8 Å². The lowest BCUT2D eigenvalue weighted by Gasteiger charge is -2.09. The Morgan fingerprint density at radius 2 is 1.72 bits per heavy atom. The molecule has 2 aromatic heterocycles. The van der Waals surface area contributed by atoms with E-state index in [0.29, 0.717) is 22.3 Å². The number of thiazole rings is 1. The summed E-state index contributed by atoms with van der Waals surface area (Å²) in [6, 6.07) is 21.9. The average Bonchev–Trinajstić information content (AvgIpc) is 3.23. The van der Waals surface area contributed by atoms with Gasteiger partial charge >= 0.3 is 0 Å². The zero-order valence-corrected chi connectivity index (χ0v) is 18.5. The molecule has 8 heteroatoms. The number of anilines is 1. The highest BCUT2D eigenvalue weighted by Gasteiger charge is 2.19. The first-order valence-corrected chi connectivity index (χ1v) is 11.0. The predicted octanol–water partition coefficient (Wildman–Crippen LogP) is 4.63. The first kappa shape index (κ1) is 21.5. The van der Waals surface area contributed by atoms with Gasteiger partial charge in [0, 0.05) is 11.6 Å². The third kappa shape index (κ3) is 4.92. The van der Waals surface area contributed by atoms with E-state index in [4.69, 9.17) is 4.74 Å². The Kier molecular flexibility index (Phi) is 6.42. The smallest absolute Gasteiger partial charge is 0.267 e. The third-order valence-corrected chi connectivity index (χ3v) is 5.57. The van der Waals surface area contributed by atoms with Crippen molar-refractivity contribution in [2.45, 2.75) is 19.9 Å². The summed E-state index contributed by atoms with van der Waals surface area (Å²) in [6.07, 6.45) is 0. The molecule has 0 saturated heterocycles. The van der Waals surface area contributed by atoms with E-state index in [0.717, 1.165) is 10.4 Å². The van der Waals surface area contributed by atoms with E-state index in [1.54, 1.807) is 18.2 Å². The van der Waals surface area contributed by atoms with E-state index in [-0.39, 0.29) is 24.1 Å². The number of para-hydroxylation sites is 1. The van der Waals surface area contributed by atoms with Crippen LogP contribution < -0.4 is 15.6 Å². The number of nitrogens with zero attached hydrogens (tertiary/aromatic N) is 3. The van der Waals surface area contributed by atoms with Gasteiger partial charge in [-0.05, 0) is 32.0 Å². The summed E-state index contributed by atoms with van der Waals surface area (Å²) in [5, 5.41) is 7.78. The number of rotatable bonds is 7. The Labute approximate surface area is 189 Å². The number of hydrogen-bond donors (Lipinski definition) is 1. The van der Waals surface area contributed by atoms with Gasteiger partial charge < -0.3 is 4.74 Å². The number of carbonyl (C=O) groups is 1. The van der Waals surface area contributed by atoms with Gasteiger partial charge in [0.1, 0.15) is 11.4 Å². The van der Waals surface area contributed by atoms with E-state index in [9.17, 15) is 9.59 Å². The van der Waals surface area contributed by atoms with Gasteiger partial charge in [-0.25, -0.2) is 9.67 Å². The normalized spacial score (nSPS) is 10.8. The molecular weight excluding hydrogens is 424 g/mol. The number of ether oxygens (including phenoxy) is 1. The quantitative estimate of drug-likeness (QED) is 0.447. The van der Waals surface area contributed by atoms with Gasteiger partial charge in [-0.2, -0.15) is 5.10 Å². The minimum Gasteiger partial charge on any atom is -0.484 e. The molecular formula is C24H22N4O3S. The van der Waals surface area contributed by atoms with Crippen molar-refractivity contribution < 1.29 is 9.53 Å². The number of benzene rings is 2. The molecule has 0 unspecified atom stereocenters. The lowest BCUT2D eigenvalue weighted by molar-refractivity contribution is -0.118. The second kappa shape index (κ2) is 9.57. The number of carbonyl (C=O) groups excluding carboxylic acids is 1. The Bertz CT molecular complexity index is 1270. The maximum absolute atomic E-state index is 12.4. The van der Waals surface area contributed by atoms with Crippen LogP contribution in [0.3, 0.4) is 0 Å². The molecule has 0 saturated carbocycles. The van der Waals surface area contributed by atoms with E-state index in [1.165, 1.54) is 22.1 Å². The second-order valence-electron chi connectivity index (χ2n) is 7.31. The van der Waals surface area contributed by atoms with Gasteiger partial charge in [0.2, 0.25) is 0 Å². The van der Waals surface area contributed by atoms with Crippen molar-refractivity contribution in [1.82, 2.24) is 14.8 Å². The van der Waals surface area contributed by atoms with Crippen LogP contribution in [0.15, 0.2) is 77.6 Å². The van der Waals surface area contributed by atoms with E-state index >= 15 is 0 Å². The molecule has 0 fully saturated rings. The number of hydrogen-bond acceptors (Lipinski definition) is 6. The maximum atomic E-state index is 12.4. The van der Waals surface area contributed by atoms with Gasteiger partial charge in [-0.3, -0.25) is 14.9 Å². The van der Waals surface area contributed by atoms with Crippen LogP contribution in [0.5, 0.6) is 5.75 Å². The summed E-state index contributed by atoms with van der Waals surface area (Å²) in [5.41, 5.74) is 2.04. The van der Waals surface area contributed by atoms with Crippen molar-refractivity contribution in [3.05, 3.63) is 83.2 Å². The molecule has 4 aromatic rings. The van der Waals surface area contributed by atoms with Crippen LogP contribution in [0.4, 0.5) is 5.13 Å². The van der Waals surface area contributed by atoms with Crippen molar-refractivity contribution in [2.24, 2.45) is 0 Å². The monoisotopic (exact) mass is 446 g/mol. The Balaban J connectivity index is 1.64. The van der Waals surface area contributed by atoms with Crippen molar-refractivity contribution in [2.75, 3.05) is 11.9 Å². The minimum absolute atomic E-state index is 0.0788. The van der Waals surface area contributed by atoms with E-state index in [1.807, 2.05) is 62.4 Å². The topological polar surface area (TPSA) is 86.1 Å². The largest absolute Gasteiger partial charge is 0.484 e. The molecule has 32 heavy (non-hydrogen) atoms. The molecule has 7 nitrogen and oxygen atoms in total.